The maximum Gasteiger partial charge on any atom is 0.344 e. The third kappa shape index (κ3) is 2.85. The lowest BCUT2D eigenvalue weighted by molar-refractivity contribution is 0.0440. The van der Waals surface area contributed by atoms with Crippen molar-refractivity contribution in [2.75, 3.05) is 0 Å². The number of rotatable bonds is 4. The number of nitrogens with zero attached hydrogens (tertiary/aromatic N) is 5. The highest BCUT2D eigenvalue weighted by atomic mass is 16.5. The first-order valence-electron chi connectivity index (χ1n) is 7.57. The molecule has 0 aliphatic heterocycles. The first-order valence-corrected chi connectivity index (χ1v) is 7.57. The van der Waals surface area contributed by atoms with Gasteiger partial charge in [-0.05, 0) is 25.1 Å². The van der Waals surface area contributed by atoms with Crippen LogP contribution in [0.15, 0.2) is 53.2 Å². The van der Waals surface area contributed by atoms with E-state index in [1.807, 2.05) is 30.3 Å². The molecule has 0 unspecified atom stereocenters. The van der Waals surface area contributed by atoms with E-state index in [2.05, 4.69) is 20.3 Å². The van der Waals surface area contributed by atoms with E-state index in [1.165, 1.54) is 4.52 Å². The maximum absolute atomic E-state index is 12.4. The van der Waals surface area contributed by atoms with Crippen LogP contribution in [0.1, 0.15) is 21.9 Å². The minimum Gasteiger partial charge on any atom is -0.452 e. The SMILES string of the molecule is Cc1nn2cccnc2c1C(=O)OCc1nnc(-c2ccccc2)o1. The number of carbonyl (C=O) groups is 1. The van der Waals surface area contributed by atoms with Crippen molar-refractivity contribution in [2.45, 2.75) is 13.5 Å². The summed E-state index contributed by atoms with van der Waals surface area (Å²) in [6.45, 7) is 1.60. The fraction of sp³-hybridized carbons (Fsp3) is 0.118. The third-order valence-corrected chi connectivity index (χ3v) is 3.59. The van der Waals surface area contributed by atoms with E-state index in [-0.39, 0.29) is 12.5 Å². The number of esters is 1. The summed E-state index contributed by atoms with van der Waals surface area (Å²) in [6.07, 6.45) is 3.31. The lowest BCUT2D eigenvalue weighted by Crippen LogP contribution is -2.07. The predicted molar refractivity (Wildman–Crippen MR) is 86.6 cm³/mol. The summed E-state index contributed by atoms with van der Waals surface area (Å²) < 4.78 is 12.3. The Hall–Kier alpha value is -3.55. The number of aromatic nitrogens is 5. The van der Waals surface area contributed by atoms with Crippen LogP contribution in [-0.4, -0.2) is 30.8 Å². The smallest absolute Gasteiger partial charge is 0.344 e. The fourth-order valence-electron chi connectivity index (χ4n) is 2.44. The molecular formula is C17H13N5O3. The Morgan fingerprint density at radius 3 is 2.88 bits per heavy atom. The molecule has 0 spiro atoms. The highest BCUT2D eigenvalue weighted by Gasteiger charge is 2.20. The van der Waals surface area contributed by atoms with Crippen LogP contribution >= 0.6 is 0 Å². The average molecular weight is 335 g/mol. The highest BCUT2D eigenvalue weighted by molar-refractivity contribution is 5.97. The number of benzene rings is 1. The van der Waals surface area contributed by atoms with E-state index in [0.29, 0.717) is 22.8 Å². The first kappa shape index (κ1) is 15.0. The molecule has 0 saturated carbocycles. The molecule has 8 nitrogen and oxygen atoms in total. The van der Waals surface area contributed by atoms with Gasteiger partial charge in [0.1, 0.15) is 5.56 Å². The van der Waals surface area contributed by atoms with Gasteiger partial charge in [0.15, 0.2) is 12.3 Å². The molecule has 4 aromatic rings. The average Bonchev–Trinajstić information content (AvgIpc) is 3.24. The number of hydrogen-bond acceptors (Lipinski definition) is 7. The highest BCUT2D eigenvalue weighted by Crippen LogP contribution is 2.18. The number of aryl methyl sites for hydroxylation is 1. The van der Waals surface area contributed by atoms with Crippen LogP contribution in [0.3, 0.4) is 0 Å². The first-order chi connectivity index (χ1) is 12.2. The molecule has 0 aliphatic carbocycles. The zero-order valence-corrected chi connectivity index (χ0v) is 13.3. The second kappa shape index (κ2) is 6.16. The molecule has 4 rings (SSSR count). The normalized spacial score (nSPS) is 10.9. The Labute approximate surface area is 142 Å². The molecule has 3 heterocycles. The van der Waals surface area contributed by atoms with Gasteiger partial charge < -0.3 is 9.15 Å². The van der Waals surface area contributed by atoms with Gasteiger partial charge in [0.05, 0.1) is 5.69 Å². The Morgan fingerprint density at radius 1 is 1.20 bits per heavy atom. The maximum atomic E-state index is 12.4. The molecule has 0 amide bonds. The van der Waals surface area contributed by atoms with Crippen LogP contribution in [0.4, 0.5) is 0 Å². The van der Waals surface area contributed by atoms with Crippen molar-refractivity contribution in [2.24, 2.45) is 0 Å². The molecule has 0 fully saturated rings. The van der Waals surface area contributed by atoms with Crippen LogP contribution in [0.5, 0.6) is 0 Å². The zero-order chi connectivity index (χ0) is 17.2. The molecular weight excluding hydrogens is 322 g/mol. The number of ether oxygens (including phenoxy) is 1. The molecule has 0 atom stereocenters. The minimum absolute atomic E-state index is 0.123. The van der Waals surface area contributed by atoms with E-state index < -0.39 is 5.97 Å². The standard InChI is InChI=1S/C17H13N5O3/c1-11-14(15-18-8-5-9-22(15)21-11)17(23)24-10-13-19-20-16(25-13)12-6-3-2-4-7-12/h2-9H,10H2,1H3. The summed E-state index contributed by atoms with van der Waals surface area (Å²) in [5.74, 6) is 0.0560. The summed E-state index contributed by atoms with van der Waals surface area (Å²) in [5, 5.41) is 12.1. The molecule has 0 saturated heterocycles. The van der Waals surface area contributed by atoms with Crippen LogP contribution in [0, 0.1) is 6.92 Å². The Bertz CT molecular complexity index is 1040. The van der Waals surface area contributed by atoms with Gasteiger partial charge in [0.25, 0.3) is 5.89 Å². The van der Waals surface area contributed by atoms with Crippen molar-refractivity contribution < 1.29 is 13.9 Å². The minimum atomic E-state index is -0.536. The lowest BCUT2D eigenvalue weighted by atomic mass is 10.2. The molecule has 0 bridgehead atoms. The van der Waals surface area contributed by atoms with Gasteiger partial charge >= 0.3 is 5.97 Å². The predicted octanol–water partition coefficient (Wildman–Crippen LogP) is 2.44. The quantitative estimate of drug-likeness (QED) is 0.528. The summed E-state index contributed by atoms with van der Waals surface area (Å²) in [6, 6.07) is 11.1. The third-order valence-electron chi connectivity index (χ3n) is 3.59. The molecule has 25 heavy (non-hydrogen) atoms. The second-order valence-corrected chi connectivity index (χ2v) is 5.29. The van der Waals surface area contributed by atoms with Crippen molar-refractivity contribution >= 4 is 11.6 Å². The van der Waals surface area contributed by atoms with E-state index in [1.54, 1.807) is 25.4 Å². The van der Waals surface area contributed by atoms with Crippen molar-refractivity contribution in [3.8, 4) is 11.5 Å². The Kier molecular flexibility index (Phi) is 3.70. The summed E-state index contributed by atoms with van der Waals surface area (Å²) >= 11 is 0. The number of fused-ring (bicyclic) bond motifs is 1. The monoisotopic (exact) mass is 335 g/mol. The van der Waals surface area contributed by atoms with E-state index in [9.17, 15) is 4.79 Å². The van der Waals surface area contributed by atoms with Crippen LogP contribution in [0.2, 0.25) is 0 Å². The molecule has 1 aromatic carbocycles. The van der Waals surface area contributed by atoms with Crippen molar-refractivity contribution in [1.29, 1.82) is 0 Å². The molecule has 3 aromatic heterocycles. The topological polar surface area (TPSA) is 95.4 Å². The Balaban J connectivity index is 1.51. The fourth-order valence-corrected chi connectivity index (χ4v) is 2.44. The molecule has 124 valence electrons. The van der Waals surface area contributed by atoms with Crippen LogP contribution in [0.25, 0.3) is 17.1 Å². The summed E-state index contributed by atoms with van der Waals surface area (Å²) in [7, 11) is 0. The van der Waals surface area contributed by atoms with Crippen molar-refractivity contribution in [1.82, 2.24) is 24.8 Å². The van der Waals surface area contributed by atoms with Gasteiger partial charge in [-0.3, -0.25) is 0 Å². The van der Waals surface area contributed by atoms with E-state index >= 15 is 0 Å². The summed E-state index contributed by atoms with van der Waals surface area (Å²) in [4.78, 5) is 16.6. The van der Waals surface area contributed by atoms with Crippen molar-refractivity contribution in [3.05, 3.63) is 65.9 Å². The molecule has 0 N–H and O–H groups in total. The van der Waals surface area contributed by atoms with Gasteiger partial charge in [-0.25, -0.2) is 14.3 Å². The molecule has 0 aliphatic rings. The van der Waals surface area contributed by atoms with E-state index in [0.717, 1.165) is 5.56 Å². The number of carbonyl (C=O) groups excluding carboxylic acids is 1. The summed E-state index contributed by atoms with van der Waals surface area (Å²) in [5.41, 5.74) is 2.11. The van der Waals surface area contributed by atoms with Gasteiger partial charge in [-0.2, -0.15) is 5.10 Å². The van der Waals surface area contributed by atoms with Gasteiger partial charge in [0, 0.05) is 18.0 Å². The zero-order valence-electron chi connectivity index (χ0n) is 13.3. The van der Waals surface area contributed by atoms with Crippen LogP contribution in [-0.2, 0) is 11.3 Å². The van der Waals surface area contributed by atoms with Gasteiger partial charge in [0.2, 0.25) is 5.89 Å². The molecule has 0 radical (unpaired) electrons. The number of hydrogen-bond donors (Lipinski definition) is 0. The lowest BCUT2D eigenvalue weighted by Gasteiger charge is -2.01. The van der Waals surface area contributed by atoms with Crippen LogP contribution < -0.4 is 0 Å². The Morgan fingerprint density at radius 2 is 2.04 bits per heavy atom. The van der Waals surface area contributed by atoms with Crippen molar-refractivity contribution in [3.63, 3.8) is 0 Å². The second-order valence-electron chi connectivity index (χ2n) is 5.29. The van der Waals surface area contributed by atoms with E-state index in [4.69, 9.17) is 9.15 Å². The largest absolute Gasteiger partial charge is 0.452 e. The van der Waals surface area contributed by atoms with Gasteiger partial charge in [-0.15, -0.1) is 10.2 Å². The van der Waals surface area contributed by atoms with Gasteiger partial charge in [-0.1, -0.05) is 18.2 Å². The molecule has 8 heteroatoms.